The fourth-order valence-corrected chi connectivity index (χ4v) is 3.77. The van der Waals surface area contributed by atoms with Crippen molar-refractivity contribution in [2.24, 2.45) is 5.73 Å². The molecule has 2 aromatic rings. The number of fused-ring (bicyclic) bond motifs is 1. The van der Waals surface area contributed by atoms with Gasteiger partial charge in [-0.1, -0.05) is 12.2 Å². The van der Waals surface area contributed by atoms with Crippen molar-refractivity contribution >= 4 is 41.2 Å². The smallest absolute Gasteiger partial charge is 0.303 e. The lowest BCUT2D eigenvalue weighted by molar-refractivity contribution is -0.137. The summed E-state index contributed by atoms with van der Waals surface area (Å²) >= 11 is 5.30. The summed E-state index contributed by atoms with van der Waals surface area (Å²) in [5.41, 5.74) is 6.47. The van der Waals surface area contributed by atoms with E-state index in [2.05, 4.69) is 25.6 Å². The first kappa shape index (κ1) is 25.9. The van der Waals surface area contributed by atoms with E-state index < -0.39 is 43.2 Å². The number of aliphatic carboxylic acids is 1. The molecule has 0 bridgehead atoms. The Morgan fingerprint density at radius 3 is 2.71 bits per heavy atom. The van der Waals surface area contributed by atoms with E-state index in [1.54, 1.807) is 0 Å². The number of hydrogen-bond acceptors (Lipinski definition) is 11. The molecule has 0 spiro atoms. The molecule has 2 aromatic heterocycles. The highest BCUT2D eigenvalue weighted by molar-refractivity contribution is 7.71. The quantitative estimate of drug-likeness (QED) is 0.125. The molecule has 188 valence electrons. The lowest BCUT2D eigenvalue weighted by Gasteiger charge is -2.17. The molecule has 1 saturated heterocycles. The molecule has 9 N–H and O–H groups in total. The van der Waals surface area contributed by atoms with Crippen LogP contribution in [-0.4, -0.2) is 95.9 Å². The maximum absolute atomic E-state index is 11.8. The van der Waals surface area contributed by atoms with Gasteiger partial charge in [-0.2, -0.15) is 0 Å². The zero-order chi connectivity index (χ0) is 24.8. The van der Waals surface area contributed by atoms with Crippen LogP contribution in [0.3, 0.4) is 0 Å². The van der Waals surface area contributed by atoms with E-state index in [1.165, 1.54) is 10.9 Å². The van der Waals surface area contributed by atoms with Gasteiger partial charge in [-0.3, -0.25) is 14.2 Å². The van der Waals surface area contributed by atoms with Crippen LogP contribution in [0.1, 0.15) is 31.9 Å². The van der Waals surface area contributed by atoms with Crippen LogP contribution in [0.5, 0.6) is 0 Å². The van der Waals surface area contributed by atoms with Gasteiger partial charge in [-0.15, -0.1) is 0 Å². The molecule has 1 amide bonds. The minimum absolute atomic E-state index is 0.0786. The predicted molar refractivity (Wildman–Crippen MR) is 121 cm³/mol. The number of imidazole rings is 1. The maximum atomic E-state index is 11.8. The van der Waals surface area contributed by atoms with E-state index in [4.69, 9.17) is 27.8 Å². The van der Waals surface area contributed by atoms with Gasteiger partial charge in [-0.25, -0.2) is 9.97 Å². The molecule has 0 saturated carbocycles. The van der Waals surface area contributed by atoms with Crippen molar-refractivity contribution < 1.29 is 34.8 Å². The van der Waals surface area contributed by atoms with Gasteiger partial charge in [0, 0.05) is 19.5 Å². The summed E-state index contributed by atoms with van der Waals surface area (Å²) in [5.74, 6) is -1.02. The highest BCUT2D eigenvalue weighted by Gasteiger charge is 2.43. The summed E-state index contributed by atoms with van der Waals surface area (Å²) < 4.78 is 7.28. The van der Waals surface area contributed by atoms with Crippen molar-refractivity contribution in [3.63, 3.8) is 0 Å². The Labute approximate surface area is 199 Å². The molecule has 14 nitrogen and oxygen atoms in total. The molecular weight excluding hydrogens is 470 g/mol. The molecule has 0 aromatic carbocycles. The van der Waals surface area contributed by atoms with E-state index in [0.29, 0.717) is 43.0 Å². The van der Waals surface area contributed by atoms with Gasteiger partial charge in [0.2, 0.25) is 11.9 Å². The van der Waals surface area contributed by atoms with Crippen LogP contribution < -0.4 is 16.4 Å². The van der Waals surface area contributed by atoms with Gasteiger partial charge < -0.3 is 46.5 Å². The normalized spacial score (nSPS) is 23.2. The summed E-state index contributed by atoms with van der Waals surface area (Å²) in [5, 5.41) is 44.1. The number of aromatic nitrogens is 4. The molecule has 1 aliphatic heterocycles. The van der Waals surface area contributed by atoms with E-state index >= 15 is 0 Å². The van der Waals surface area contributed by atoms with Crippen molar-refractivity contribution in [3.8, 4) is 0 Å². The van der Waals surface area contributed by atoms with Crippen LogP contribution in [0, 0.1) is 4.64 Å². The number of carboxylic acids is 1. The molecule has 3 unspecified atom stereocenters. The second kappa shape index (κ2) is 11.6. The number of unbranched alkanes of at least 4 members (excludes halogenated alkanes) is 1. The zero-order valence-corrected chi connectivity index (χ0v) is 19.1. The number of carbonyl (C=O) groups is 2. The first-order valence-electron chi connectivity index (χ1n) is 10.8. The summed E-state index contributed by atoms with van der Waals surface area (Å²) in [4.78, 5) is 33.9. The third-order valence-corrected chi connectivity index (χ3v) is 5.72. The van der Waals surface area contributed by atoms with Gasteiger partial charge in [0.1, 0.15) is 29.5 Å². The number of nitrogens with zero attached hydrogens (tertiary/aromatic N) is 3. The van der Waals surface area contributed by atoms with Crippen molar-refractivity contribution in [1.82, 2.24) is 24.8 Å². The van der Waals surface area contributed by atoms with E-state index in [1.807, 2.05) is 0 Å². The monoisotopic (exact) mass is 499 g/mol. The third kappa shape index (κ3) is 6.05. The molecule has 15 heteroatoms. The van der Waals surface area contributed by atoms with Gasteiger partial charge >= 0.3 is 5.97 Å². The number of carboxylic acid groups (broad SMARTS) is 1. The molecule has 34 heavy (non-hydrogen) atoms. The number of hydrogen-bond donors (Lipinski definition) is 8. The number of nitrogens with two attached hydrogens (primary N) is 1. The molecule has 5 atom stereocenters. The third-order valence-electron chi connectivity index (χ3n) is 5.44. The lowest BCUT2D eigenvalue weighted by Crippen LogP contribution is -2.41. The number of aromatic amines is 1. The average Bonchev–Trinajstić information content (AvgIpc) is 3.35. The first-order chi connectivity index (χ1) is 16.2. The lowest BCUT2D eigenvalue weighted by atomic mass is 10.1. The predicted octanol–water partition coefficient (Wildman–Crippen LogP) is -1.40. The summed E-state index contributed by atoms with van der Waals surface area (Å²) in [6.45, 7) is 0.453. The topological polar surface area (TPSA) is 221 Å². The van der Waals surface area contributed by atoms with Crippen LogP contribution in [0.25, 0.3) is 11.2 Å². The minimum atomic E-state index is -1.27. The van der Waals surface area contributed by atoms with Crippen LogP contribution in [0.2, 0.25) is 0 Å². The number of rotatable bonds is 12. The van der Waals surface area contributed by atoms with E-state index in [0.717, 1.165) is 0 Å². The number of H-pyrrole nitrogens is 1. The number of nitrogens with one attached hydrogen (secondary N) is 3. The SMILES string of the molecule is NC(CCC(=O)O)C(=O)NCCCCNc1nc(=S)c2ncn([C@@H]3O[C@H](CO)C(O)C3O)c2[nH]1. The second-order valence-corrected chi connectivity index (χ2v) is 8.32. The van der Waals surface area contributed by atoms with Crippen LogP contribution >= 0.6 is 12.2 Å². The Morgan fingerprint density at radius 1 is 1.29 bits per heavy atom. The summed E-state index contributed by atoms with van der Waals surface area (Å²) in [6, 6.07) is -0.855. The van der Waals surface area contributed by atoms with E-state index in [-0.39, 0.29) is 23.4 Å². The summed E-state index contributed by atoms with van der Waals surface area (Å²) in [6.07, 6.45) is -1.76. The minimum Gasteiger partial charge on any atom is -0.481 e. The molecule has 3 rings (SSSR count). The Hall–Kier alpha value is -2.69. The zero-order valence-electron chi connectivity index (χ0n) is 18.3. The Balaban J connectivity index is 1.52. The number of anilines is 1. The Morgan fingerprint density at radius 2 is 2.03 bits per heavy atom. The van der Waals surface area contributed by atoms with Crippen molar-refractivity contribution in [1.29, 1.82) is 0 Å². The van der Waals surface area contributed by atoms with Gasteiger partial charge in [0.05, 0.1) is 19.0 Å². The maximum Gasteiger partial charge on any atom is 0.303 e. The molecule has 0 radical (unpaired) electrons. The highest BCUT2D eigenvalue weighted by Crippen LogP contribution is 2.31. The van der Waals surface area contributed by atoms with Crippen molar-refractivity contribution in [2.75, 3.05) is 25.0 Å². The van der Waals surface area contributed by atoms with Crippen molar-refractivity contribution in [3.05, 3.63) is 11.0 Å². The van der Waals surface area contributed by atoms with Crippen molar-refractivity contribution in [2.45, 2.75) is 56.3 Å². The molecule has 1 fully saturated rings. The number of ether oxygens (including phenoxy) is 1. The number of aliphatic hydroxyl groups is 3. The molecular formula is C19H29N7O7S. The van der Waals surface area contributed by atoms with Gasteiger partial charge in [-0.05, 0) is 19.3 Å². The molecule has 0 aliphatic carbocycles. The number of aliphatic hydroxyl groups excluding tert-OH is 3. The number of carbonyl (C=O) groups excluding carboxylic acids is 1. The van der Waals surface area contributed by atoms with Crippen LogP contribution in [0.15, 0.2) is 6.33 Å². The first-order valence-corrected chi connectivity index (χ1v) is 11.2. The Bertz CT molecular complexity index is 1060. The second-order valence-electron chi connectivity index (χ2n) is 7.93. The standard InChI is InChI=1S/C19H29N7O7S/c20-9(3-4-11(28)29)16(32)21-5-1-2-6-22-19-24-15-12(17(34)25-19)23-8-26(15)18-14(31)13(30)10(7-27)33-18/h8-10,13-14,18,27,30-31H,1-7,20H2,(H,21,32)(H,28,29)(H2,22,24,25,34)/t9?,10-,13?,14?,18-/m1/s1. The van der Waals surface area contributed by atoms with Crippen LogP contribution in [-0.2, 0) is 14.3 Å². The van der Waals surface area contributed by atoms with Gasteiger partial charge in [0.15, 0.2) is 10.9 Å². The number of amides is 1. The highest BCUT2D eigenvalue weighted by atomic mass is 32.1. The fraction of sp³-hybridized carbons (Fsp3) is 0.632. The Kier molecular flexibility index (Phi) is 8.87. The van der Waals surface area contributed by atoms with Gasteiger partial charge in [0.25, 0.3) is 0 Å². The fourth-order valence-electron chi connectivity index (χ4n) is 3.53. The molecule has 1 aliphatic rings. The largest absolute Gasteiger partial charge is 0.481 e. The molecule has 3 heterocycles. The average molecular weight is 500 g/mol. The van der Waals surface area contributed by atoms with E-state index in [9.17, 15) is 24.9 Å². The van der Waals surface area contributed by atoms with Crippen LogP contribution in [0.4, 0.5) is 5.95 Å². The summed E-state index contributed by atoms with van der Waals surface area (Å²) in [7, 11) is 0.